The maximum Gasteiger partial charge on any atom is 0.411 e. The molecule has 0 aliphatic heterocycles. The summed E-state index contributed by atoms with van der Waals surface area (Å²) in [5.74, 6) is 1.66. The summed E-state index contributed by atoms with van der Waals surface area (Å²) in [6.07, 6.45) is 0.350. The predicted octanol–water partition coefficient (Wildman–Crippen LogP) is 4.10. The molecule has 0 aliphatic rings. The molecule has 0 saturated carbocycles. The summed E-state index contributed by atoms with van der Waals surface area (Å²) in [5.41, 5.74) is 4.11. The number of rotatable bonds is 8. The molecule has 2 aromatic carbocycles. The molecule has 0 saturated heterocycles. The number of amides is 1. The van der Waals surface area contributed by atoms with Crippen molar-refractivity contribution in [2.45, 2.75) is 26.8 Å². The first-order chi connectivity index (χ1) is 14.0. The highest BCUT2D eigenvalue weighted by atomic mass is 127. The number of aliphatic imine (C=N–C) groups is 1. The van der Waals surface area contributed by atoms with E-state index in [0.29, 0.717) is 12.2 Å². The van der Waals surface area contributed by atoms with E-state index in [1.165, 1.54) is 18.2 Å². The summed E-state index contributed by atoms with van der Waals surface area (Å²) in [7, 11) is 3.03. The van der Waals surface area contributed by atoms with E-state index in [-0.39, 0.29) is 24.0 Å². The van der Waals surface area contributed by atoms with Crippen molar-refractivity contribution < 1.29 is 14.3 Å². The fourth-order valence-corrected chi connectivity index (χ4v) is 2.79. The number of nitrogens with zero attached hydrogens (tertiary/aromatic N) is 1. The lowest BCUT2D eigenvalue weighted by atomic mass is 10.1. The van der Waals surface area contributed by atoms with Gasteiger partial charge in [0.05, 0.1) is 20.8 Å². The summed E-state index contributed by atoms with van der Waals surface area (Å²) < 4.78 is 10.0. The van der Waals surface area contributed by atoms with Crippen molar-refractivity contribution in [2.24, 2.45) is 4.99 Å². The van der Waals surface area contributed by atoms with Gasteiger partial charge in [0, 0.05) is 18.8 Å². The number of guanidine groups is 1. The van der Waals surface area contributed by atoms with Crippen molar-refractivity contribution in [3.63, 3.8) is 0 Å². The lowest BCUT2D eigenvalue weighted by Gasteiger charge is -2.13. The zero-order valence-corrected chi connectivity index (χ0v) is 20.3. The van der Waals surface area contributed by atoms with Crippen LogP contribution in [0.25, 0.3) is 0 Å². The number of nitrogens with one attached hydrogen (secondary N) is 3. The second-order valence-corrected chi connectivity index (χ2v) is 6.50. The minimum Gasteiger partial charge on any atom is -0.496 e. The molecule has 0 fully saturated rings. The second kappa shape index (κ2) is 13.7. The van der Waals surface area contributed by atoms with Crippen LogP contribution in [0, 0.1) is 6.92 Å². The van der Waals surface area contributed by atoms with E-state index in [4.69, 9.17) is 4.74 Å². The minimum absolute atomic E-state index is 0. The van der Waals surface area contributed by atoms with Crippen LogP contribution in [0.2, 0.25) is 0 Å². The van der Waals surface area contributed by atoms with Crippen molar-refractivity contribution in [3.05, 3.63) is 59.2 Å². The van der Waals surface area contributed by atoms with Gasteiger partial charge >= 0.3 is 6.09 Å². The van der Waals surface area contributed by atoms with Gasteiger partial charge in [-0.05, 0) is 49.6 Å². The number of ether oxygens (including phenoxy) is 2. The lowest BCUT2D eigenvalue weighted by molar-refractivity contribution is 0.187. The Labute approximate surface area is 195 Å². The molecule has 0 aliphatic carbocycles. The average molecular weight is 526 g/mol. The second-order valence-electron chi connectivity index (χ2n) is 6.50. The number of methoxy groups -OCH3 is 2. The molecule has 0 radical (unpaired) electrons. The van der Waals surface area contributed by atoms with Crippen molar-refractivity contribution in [1.29, 1.82) is 0 Å². The van der Waals surface area contributed by atoms with Crippen LogP contribution >= 0.6 is 24.0 Å². The van der Waals surface area contributed by atoms with E-state index in [0.717, 1.165) is 36.8 Å². The molecule has 2 rings (SSSR count). The Hall–Kier alpha value is -2.49. The van der Waals surface area contributed by atoms with Crippen LogP contribution in [0.5, 0.6) is 5.75 Å². The molecule has 2 aromatic rings. The number of benzene rings is 2. The van der Waals surface area contributed by atoms with Gasteiger partial charge in [-0.2, -0.15) is 0 Å². The van der Waals surface area contributed by atoms with Crippen LogP contribution < -0.4 is 20.7 Å². The van der Waals surface area contributed by atoms with Crippen LogP contribution in [0.3, 0.4) is 0 Å². The zero-order chi connectivity index (χ0) is 21.1. The summed E-state index contributed by atoms with van der Waals surface area (Å²) in [6, 6.07) is 13.7. The number of hydrogen-bond acceptors (Lipinski definition) is 4. The molecular weight excluding hydrogens is 495 g/mol. The number of carbonyl (C=O) groups excluding carboxylic acids is 1. The average Bonchev–Trinajstić information content (AvgIpc) is 2.73. The molecule has 8 heteroatoms. The van der Waals surface area contributed by atoms with Gasteiger partial charge < -0.3 is 20.1 Å². The topological polar surface area (TPSA) is 84.0 Å². The van der Waals surface area contributed by atoms with E-state index in [1.54, 1.807) is 7.11 Å². The smallest absolute Gasteiger partial charge is 0.411 e. The molecule has 0 atom stereocenters. The lowest BCUT2D eigenvalue weighted by Crippen LogP contribution is -2.38. The van der Waals surface area contributed by atoms with Gasteiger partial charge in [-0.1, -0.05) is 29.8 Å². The summed E-state index contributed by atoms with van der Waals surface area (Å²) >= 11 is 0. The zero-order valence-electron chi connectivity index (χ0n) is 18.0. The molecule has 0 heterocycles. The molecule has 0 unspecified atom stereocenters. The van der Waals surface area contributed by atoms with E-state index < -0.39 is 6.09 Å². The van der Waals surface area contributed by atoms with Gasteiger partial charge in [0.15, 0.2) is 5.96 Å². The Balaban J connectivity index is 0.00000450. The van der Waals surface area contributed by atoms with E-state index in [9.17, 15) is 4.79 Å². The van der Waals surface area contributed by atoms with Gasteiger partial charge in [-0.3, -0.25) is 5.32 Å². The van der Waals surface area contributed by atoms with E-state index in [1.807, 2.05) is 43.3 Å². The third-order valence-electron chi connectivity index (χ3n) is 4.27. The molecule has 30 heavy (non-hydrogen) atoms. The first-order valence-corrected chi connectivity index (χ1v) is 9.65. The normalized spacial score (nSPS) is 10.6. The highest BCUT2D eigenvalue weighted by Gasteiger charge is 2.05. The molecule has 3 N–H and O–H groups in total. The quantitative estimate of drug-likeness (QED) is 0.274. The summed E-state index contributed by atoms with van der Waals surface area (Å²) in [5, 5.41) is 9.25. The number of aryl methyl sites for hydroxylation is 1. The molecule has 1 amide bonds. The molecular formula is C22H31IN4O3. The molecule has 7 nitrogen and oxygen atoms in total. The number of carbonyl (C=O) groups is 1. The van der Waals surface area contributed by atoms with Crippen molar-refractivity contribution >= 4 is 41.7 Å². The van der Waals surface area contributed by atoms with Crippen LogP contribution in [0.15, 0.2) is 47.5 Å². The Bertz CT molecular complexity index is 826. The fourth-order valence-electron chi connectivity index (χ4n) is 2.79. The first-order valence-electron chi connectivity index (χ1n) is 9.65. The predicted molar refractivity (Wildman–Crippen MR) is 132 cm³/mol. The van der Waals surface area contributed by atoms with Crippen molar-refractivity contribution in [3.8, 4) is 5.75 Å². The Morgan fingerprint density at radius 2 is 1.80 bits per heavy atom. The first kappa shape index (κ1) is 25.5. The molecule has 0 spiro atoms. The summed E-state index contributed by atoms with van der Waals surface area (Å²) in [6.45, 7) is 6.17. The van der Waals surface area contributed by atoms with Gasteiger partial charge in [0.25, 0.3) is 0 Å². The molecule has 164 valence electrons. The Morgan fingerprint density at radius 1 is 1.07 bits per heavy atom. The monoisotopic (exact) mass is 526 g/mol. The van der Waals surface area contributed by atoms with Crippen molar-refractivity contribution in [2.75, 3.05) is 32.6 Å². The highest BCUT2D eigenvalue weighted by molar-refractivity contribution is 14.0. The Morgan fingerprint density at radius 3 is 2.43 bits per heavy atom. The van der Waals surface area contributed by atoms with Crippen LogP contribution in [-0.2, 0) is 17.7 Å². The fraction of sp³-hybridized carbons (Fsp3) is 0.364. The van der Waals surface area contributed by atoms with E-state index in [2.05, 4.69) is 38.7 Å². The van der Waals surface area contributed by atoms with Crippen LogP contribution in [0.1, 0.15) is 23.6 Å². The number of halogens is 1. The summed E-state index contributed by atoms with van der Waals surface area (Å²) in [4.78, 5) is 15.9. The maximum absolute atomic E-state index is 11.2. The highest BCUT2D eigenvalue weighted by Crippen LogP contribution is 2.19. The largest absolute Gasteiger partial charge is 0.496 e. The molecule has 0 aromatic heterocycles. The third kappa shape index (κ3) is 8.48. The molecule has 0 bridgehead atoms. The maximum atomic E-state index is 11.2. The van der Waals surface area contributed by atoms with Crippen LogP contribution in [-0.4, -0.2) is 39.4 Å². The van der Waals surface area contributed by atoms with Gasteiger partial charge in [-0.25, -0.2) is 9.79 Å². The minimum atomic E-state index is -0.486. The van der Waals surface area contributed by atoms with Gasteiger partial charge in [0.1, 0.15) is 5.75 Å². The number of hydrogen-bond donors (Lipinski definition) is 3. The van der Waals surface area contributed by atoms with Crippen molar-refractivity contribution in [1.82, 2.24) is 10.6 Å². The Kier molecular flexibility index (Phi) is 11.7. The van der Waals surface area contributed by atoms with E-state index >= 15 is 0 Å². The standard InChI is InChI=1S/C22H30N4O3.HI/c1-5-23-21(24-13-12-18-14-16(2)6-11-20(18)28-3)25-15-17-7-9-19(10-8-17)26-22(27)29-4;/h6-11,14H,5,12-13,15H2,1-4H3,(H,26,27)(H2,23,24,25);1H. The van der Waals surface area contributed by atoms with Gasteiger partial charge in [0.2, 0.25) is 0 Å². The van der Waals surface area contributed by atoms with Crippen LogP contribution in [0.4, 0.5) is 10.5 Å². The number of anilines is 1. The van der Waals surface area contributed by atoms with Gasteiger partial charge in [-0.15, -0.1) is 24.0 Å². The third-order valence-corrected chi connectivity index (χ3v) is 4.27. The SMILES string of the molecule is CCNC(=NCc1ccc(NC(=O)OC)cc1)NCCc1cc(C)ccc1OC.I.